The molecule has 2 amide bonds. The molecular formula is C12H14F3N5O3. The first-order valence-electron chi connectivity index (χ1n) is 6.61. The van der Waals surface area contributed by atoms with Crippen molar-refractivity contribution >= 4 is 17.9 Å². The Bertz CT molecular complexity index is 570. The largest absolute Gasteiger partial charge is 0.440 e. The van der Waals surface area contributed by atoms with E-state index in [9.17, 15) is 22.8 Å². The van der Waals surface area contributed by atoms with E-state index in [0.717, 1.165) is 12.4 Å². The number of halogens is 3. The second kappa shape index (κ2) is 6.67. The van der Waals surface area contributed by atoms with Crippen LogP contribution in [-0.4, -0.2) is 59.7 Å². The van der Waals surface area contributed by atoms with Crippen LogP contribution in [0.4, 0.5) is 23.9 Å². The van der Waals surface area contributed by atoms with Gasteiger partial charge in [-0.05, 0) is 0 Å². The van der Waals surface area contributed by atoms with Gasteiger partial charge in [-0.2, -0.15) is 13.2 Å². The number of amides is 2. The number of nitrogens with two attached hydrogens (primary N) is 1. The van der Waals surface area contributed by atoms with E-state index in [1.54, 1.807) is 4.90 Å². The highest BCUT2D eigenvalue weighted by Crippen LogP contribution is 2.28. The molecule has 2 heterocycles. The summed E-state index contributed by atoms with van der Waals surface area (Å²) < 4.78 is 41.8. The molecule has 0 radical (unpaired) electrons. The van der Waals surface area contributed by atoms with Crippen LogP contribution < -0.4 is 10.6 Å². The molecule has 0 aliphatic carbocycles. The minimum Gasteiger partial charge on any atom is -0.440 e. The van der Waals surface area contributed by atoms with Gasteiger partial charge in [0.15, 0.2) is 6.61 Å². The number of aromatic nitrogens is 2. The smallest absolute Gasteiger partial charge is 0.419 e. The van der Waals surface area contributed by atoms with Crippen molar-refractivity contribution in [3.05, 3.63) is 18.0 Å². The monoisotopic (exact) mass is 333 g/mol. The van der Waals surface area contributed by atoms with Gasteiger partial charge < -0.3 is 20.3 Å². The van der Waals surface area contributed by atoms with Crippen LogP contribution in [0.2, 0.25) is 0 Å². The molecule has 0 atom stereocenters. The Balaban J connectivity index is 1.89. The maximum atomic E-state index is 12.4. The fourth-order valence-electron chi connectivity index (χ4n) is 2.01. The van der Waals surface area contributed by atoms with Crippen LogP contribution in [0.15, 0.2) is 12.4 Å². The highest BCUT2D eigenvalue weighted by atomic mass is 19.4. The quantitative estimate of drug-likeness (QED) is 0.850. The van der Waals surface area contributed by atoms with Gasteiger partial charge in [0.25, 0.3) is 5.91 Å². The first-order valence-corrected chi connectivity index (χ1v) is 6.61. The second-order valence-electron chi connectivity index (χ2n) is 4.75. The molecule has 126 valence electrons. The van der Waals surface area contributed by atoms with Crippen LogP contribution >= 0.6 is 0 Å². The van der Waals surface area contributed by atoms with Gasteiger partial charge in [-0.3, -0.25) is 4.79 Å². The van der Waals surface area contributed by atoms with E-state index in [1.165, 1.54) is 4.90 Å². The summed E-state index contributed by atoms with van der Waals surface area (Å²) >= 11 is 0. The third-order valence-corrected chi connectivity index (χ3v) is 3.22. The molecular weight excluding hydrogens is 319 g/mol. The molecule has 1 aliphatic heterocycles. The van der Waals surface area contributed by atoms with Crippen molar-refractivity contribution in [3.63, 3.8) is 0 Å². The van der Waals surface area contributed by atoms with E-state index in [1.807, 2.05) is 0 Å². The normalized spacial score (nSPS) is 15.4. The van der Waals surface area contributed by atoms with Crippen LogP contribution in [-0.2, 0) is 15.7 Å². The fraction of sp³-hybridized carbons (Fsp3) is 0.500. The van der Waals surface area contributed by atoms with Gasteiger partial charge in [-0.15, -0.1) is 0 Å². The summed E-state index contributed by atoms with van der Waals surface area (Å²) in [5, 5.41) is 0. The van der Waals surface area contributed by atoms with Gasteiger partial charge >= 0.3 is 12.3 Å². The van der Waals surface area contributed by atoms with E-state index in [-0.39, 0.29) is 5.95 Å². The first kappa shape index (κ1) is 16.8. The van der Waals surface area contributed by atoms with E-state index in [2.05, 4.69) is 14.7 Å². The van der Waals surface area contributed by atoms with Gasteiger partial charge in [-0.1, -0.05) is 0 Å². The van der Waals surface area contributed by atoms with Gasteiger partial charge in [0, 0.05) is 38.6 Å². The number of ether oxygens (including phenoxy) is 1. The summed E-state index contributed by atoms with van der Waals surface area (Å²) in [6.07, 6.45) is -4.07. The number of nitrogens with zero attached hydrogens (tertiary/aromatic N) is 4. The average Bonchev–Trinajstić information content (AvgIpc) is 2.52. The lowest BCUT2D eigenvalue weighted by molar-refractivity contribution is -0.138. The van der Waals surface area contributed by atoms with Crippen molar-refractivity contribution < 1.29 is 27.5 Å². The second-order valence-corrected chi connectivity index (χ2v) is 4.75. The molecule has 2 rings (SSSR count). The van der Waals surface area contributed by atoms with Crippen LogP contribution in [0.3, 0.4) is 0 Å². The van der Waals surface area contributed by atoms with Crippen molar-refractivity contribution in [1.29, 1.82) is 0 Å². The number of alkyl halides is 3. The Hall–Kier alpha value is -2.59. The number of carbonyl (C=O) groups is 2. The summed E-state index contributed by atoms with van der Waals surface area (Å²) in [4.78, 5) is 32.7. The predicted molar refractivity (Wildman–Crippen MR) is 71.4 cm³/mol. The predicted octanol–water partition coefficient (Wildman–Crippen LogP) is 0.239. The van der Waals surface area contributed by atoms with Gasteiger partial charge in [0.2, 0.25) is 5.95 Å². The lowest BCUT2D eigenvalue weighted by Gasteiger charge is -2.34. The number of primary amides is 1. The lowest BCUT2D eigenvalue weighted by Crippen LogP contribution is -2.50. The Labute approximate surface area is 129 Å². The number of piperazine rings is 1. The molecule has 11 heteroatoms. The van der Waals surface area contributed by atoms with Gasteiger partial charge in [0.1, 0.15) is 0 Å². The molecule has 1 aromatic heterocycles. The Morgan fingerprint density at radius 3 is 2.22 bits per heavy atom. The molecule has 2 N–H and O–H groups in total. The number of anilines is 1. The molecule has 1 saturated heterocycles. The van der Waals surface area contributed by atoms with Crippen LogP contribution in [0.5, 0.6) is 0 Å². The SMILES string of the molecule is NC(=O)OCC(=O)N1CCN(c2ncc(C(F)(F)F)cn2)CC1. The first-order chi connectivity index (χ1) is 10.8. The van der Waals surface area contributed by atoms with Crippen molar-refractivity contribution in [2.45, 2.75) is 6.18 Å². The lowest BCUT2D eigenvalue weighted by atomic mass is 10.3. The summed E-state index contributed by atoms with van der Waals surface area (Å²) in [5.74, 6) is -0.227. The zero-order valence-corrected chi connectivity index (χ0v) is 11.9. The van der Waals surface area contributed by atoms with Gasteiger partial charge in [-0.25, -0.2) is 14.8 Å². The molecule has 1 fully saturated rings. The maximum Gasteiger partial charge on any atom is 0.419 e. The van der Waals surface area contributed by atoms with Crippen molar-refractivity contribution in [2.24, 2.45) is 5.73 Å². The number of hydrogen-bond donors (Lipinski definition) is 1. The Morgan fingerprint density at radius 1 is 1.17 bits per heavy atom. The third-order valence-electron chi connectivity index (χ3n) is 3.22. The molecule has 0 spiro atoms. The van der Waals surface area contributed by atoms with Gasteiger partial charge in [0.05, 0.1) is 5.56 Å². The minimum atomic E-state index is -4.48. The number of carbonyl (C=O) groups excluding carboxylic acids is 2. The van der Waals surface area contributed by atoms with Crippen LogP contribution in [0.25, 0.3) is 0 Å². The van der Waals surface area contributed by atoms with Crippen LogP contribution in [0, 0.1) is 0 Å². The van der Waals surface area contributed by atoms with E-state index in [0.29, 0.717) is 26.2 Å². The molecule has 1 aliphatic rings. The molecule has 8 nitrogen and oxygen atoms in total. The highest BCUT2D eigenvalue weighted by Gasteiger charge is 2.32. The fourth-order valence-corrected chi connectivity index (χ4v) is 2.01. The summed E-state index contributed by atoms with van der Waals surface area (Å²) in [6.45, 7) is 0.893. The summed E-state index contributed by atoms with van der Waals surface area (Å²) in [6, 6.07) is 0. The van der Waals surface area contributed by atoms with Crippen LogP contribution in [0.1, 0.15) is 5.56 Å². The standard InChI is InChI=1S/C12H14F3N5O3/c13-12(14,15)8-5-17-11(18-6-8)20-3-1-19(2-4-20)9(21)7-23-10(16)22/h5-6H,1-4,7H2,(H2,16,22). The van der Waals surface area contributed by atoms with Crippen molar-refractivity contribution in [2.75, 3.05) is 37.7 Å². The average molecular weight is 333 g/mol. The highest BCUT2D eigenvalue weighted by molar-refractivity contribution is 5.80. The minimum absolute atomic E-state index is 0.165. The maximum absolute atomic E-state index is 12.4. The molecule has 0 unspecified atom stereocenters. The summed E-state index contributed by atoms with van der Waals surface area (Å²) in [5.41, 5.74) is 3.86. The molecule has 23 heavy (non-hydrogen) atoms. The zero-order valence-electron chi connectivity index (χ0n) is 11.9. The number of hydrogen-bond acceptors (Lipinski definition) is 6. The Morgan fingerprint density at radius 2 is 1.74 bits per heavy atom. The number of rotatable bonds is 3. The van der Waals surface area contributed by atoms with E-state index in [4.69, 9.17) is 5.73 Å². The summed E-state index contributed by atoms with van der Waals surface area (Å²) in [7, 11) is 0. The van der Waals surface area contributed by atoms with E-state index >= 15 is 0 Å². The zero-order chi connectivity index (χ0) is 17.0. The topological polar surface area (TPSA) is 102 Å². The van der Waals surface area contributed by atoms with Crippen molar-refractivity contribution in [1.82, 2.24) is 14.9 Å². The molecule has 1 aromatic rings. The third kappa shape index (κ3) is 4.44. The molecule has 0 aromatic carbocycles. The van der Waals surface area contributed by atoms with Crippen molar-refractivity contribution in [3.8, 4) is 0 Å². The Kier molecular flexibility index (Phi) is 4.86. The molecule has 0 saturated carbocycles. The van der Waals surface area contributed by atoms with E-state index < -0.39 is 30.3 Å². The molecule has 0 bridgehead atoms.